The van der Waals surface area contributed by atoms with Gasteiger partial charge in [-0.25, -0.2) is 9.37 Å². The Balaban J connectivity index is 2.41. The first-order chi connectivity index (χ1) is 8.08. The van der Waals surface area contributed by atoms with Crippen LogP contribution in [0.15, 0.2) is 33.8 Å². The van der Waals surface area contributed by atoms with Gasteiger partial charge in [-0.05, 0) is 28.1 Å². The third kappa shape index (κ3) is 2.44. The highest BCUT2D eigenvalue weighted by Crippen LogP contribution is 2.30. The maximum Gasteiger partial charge on any atom is 0.277 e. The number of benzene rings is 1. The summed E-state index contributed by atoms with van der Waals surface area (Å²) in [6, 6.07) is 3.91. The maximum atomic E-state index is 13.0. The number of ether oxygens (including phenoxy) is 1. The topological polar surface area (TPSA) is 81.0 Å². The molecular weight excluding hydrogens is 293 g/mol. The number of anilines is 1. The molecule has 1 heterocycles. The van der Waals surface area contributed by atoms with E-state index in [9.17, 15) is 9.18 Å². The second-order valence-corrected chi connectivity index (χ2v) is 3.98. The summed E-state index contributed by atoms with van der Waals surface area (Å²) in [5.41, 5.74) is 4.80. The summed E-state index contributed by atoms with van der Waals surface area (Å²) in [6.07, 6.45) is 1.15. The lowest BCUT2D eigenvalue weighted by molar-refractivity contribution is 0.455. The van der Waals surface area contributed by atoms with Crippen LogP contribution in [0, 0.1) is 5.82 Å². The first-order valence-electron chi connectivity index (χ1n) is 4.54. The van der Waals surface area contributed by atoms with E-state index in [0.29, 0.717) is 4.47 Å². The summed E-state index contributed by atoms with van der Waals surface area (Å²) < 4.78 is 18.8. The van der Waals surface area contributed by atoms with E-state index in [-0.39, 0.29) is 17.3 Å². The SMILES string of the molecule is Nc1c(Oc2cc(F)ccc2Br)nc[nH]c1=O. The second kappa shape index (κ2) is 4.54. The molecule has 0 aliphatic rings. The number of nitrogens with one attached hydrogen (secondary N) is 1. The van der Waals surface area contributed by atoms with Crippen molar-refractivity contribution < 1.29 is 9.13 Å². The highest BCUT2D eigenvalue weighted by Gasteiger charge is 2.10. The number of hydrogen-bond donors (Lipinski definition) is 2. The van der Waals surface area contributed by atoms with E-state index in [4.69, 9.17) is 10.5 Å². The van der Waals surface area contributed by atoms with Crippen LogP contribution in [-0.4, -0.2) is 9.97 Å². The minimum Gasteiger partial charge on any atom is -0.436 e. The van der Waals surface area contributed by atoms with E-state index in [1.54, 1.807) is 0 Å². The summed E-state index contributed by atoms with van der Waals surface area (Å²) in [6.45, 7) is 0. The van der Waals surface area contributed by atoms with E-state index < -0.39 is 11.4 Å². The first-order valence-corrected chi connectivity index (χ1v) is 5.33. The number of nitrogens with zero attached hydrogens (tertiary/aromatic N) is 1. The van der Waals surface area contributed by atoms with Crippen molar-refractivity contribution in [2.24, 2.45) is 0 Å². The standard InChI is InChI=1S/C10H7BrFN3O2/c11-6-2-1-5(12)3-7(6)17-10-8(13)9(16)14-4-15-10/h1-4H,13H2,(H,14,15,16). The average Bonchev–Trinajstić information content (AvgIpc) is 2.30. The molecule has 0 radical (unpaired) electrons. The summed E-state index contributed by atoms with van der Waals surface area (Å²) >= 11 is 3.18. The fourth-order valence-electron chi connectivity index (χ4n) is 1.13. The zero-order chi connectivity index (χ0) is 12.4. The van der Waals surface area contributed by atoms with Gasteiger partial charge in [0.1, 0.15) is 11.6 Å². The van der Waals surface area contributed by atoms with E-state index >= 15 is 0 Å². The highest BCUT2D eigenvalue weighted by atomic mass is 79.9. The molecule has 0 fully saturated rings. The van der Waals surface area contributed by atoms with Crippen molar-refractivity contribution in [2.75, 3.05) is 5.73 Å². The van der Waals surface area contributed by atoms with Gasteiger partial charge in [0.05, 0.1) is 10.8 Å². The quantitative estimate of drug-likeness (QED) is 0.889. The molecule has 88 valence electrons. The van der Waals surface area contributed by atoms with Gasteiger partial charge >= 0.3 is 0 Å². The molecule has 0 saturated carbocycles. The molecule has 0 unspecified atom stereocenters. The van der Waals surface area contributed by atoms with Gasteiger partial charge in [-0.15, -0.1) is 0 Å². The first kappa shape index (κ1) is 11.6. The smallest absolute Gasteiger partial charge is 0.277 e. The molecule has 0 aliphatic carbocycles. The summed E-state index contributed by atoms with van der Waals surface area (Å²) in [7, 11) is 0. The zero-order valence-electron chi connectivity index (χ0n) is 8.41. The van der Waals surface area contributed by atoms with Crippen LogP contribution in [0.3, 0.4) is 0 Å². The van der Waals surface area contributed by atoms with Crippen molar-refractivity contribution in [3.63, 3.8) is 0 Å². The molecular formula is C10H7BrFN3O2. The van der Waals surface area contributed by atoms with Crippen molar-refractivity contribution in [3.05, 3.63) is 45.2 Å². The van der Waals surface area contributed by atoms with Gasteiger partial charge in [0.15, 0.2) is 5.69 Å². The van der Waals surface area contributed by atoms with E-state index in [0.717, 1.165) is 12.4 Å². The molecule has 3 N–H and O–H groups in total. The zero-order valence-corrected chi connectivity index (χ0v) is 9.99. The van der Waals surface area contributed by atoms with Crippen LogP contribution in [0.25, 0.3) is 0 Å². The normalized spacial score (nSPS) is 10.2. The Kier molecular flexibility index (Phi) is 3.10. The third-order valence-electron chi connectivity index (χ3n) is 1.95. The lowest BCUT2D eigenvalue weighted by Crippen LogP contribution is -2.13. The minimum atomic E-state index is -0.512. The fraction of sp³-hybridized carbons (Fsp3) is 0. The summed E-state index contributed by atoms with van der Waals surface area (Å²) in [5, 5.41) is 0. The highest BCUT2D eigenvalue weighted by molar-refractivity contribution is 9.10. The van der Waals surface area contributed by atoms with Gasteiger partial charge in [0.2, 0.25) is 5.88 Å². The Morgan fingerprint density at radius 2 is 2.24 bits per heavy atom. The number of halogens is 2. The Morgan fingerprint density at radius 3 is 3.00 bits per heavy atom. The molecule has 0 aliphatic heterocycles. The van der Waals surface area contributed by atoms with E-state index in [2.05, 4.69) is 25.9 Å². The van der Waals surface area contributed by atoms with Crippen LogP contribution in [-0.2, 0) is 0 Å². The Bertz CT molecular complexity index is 615. The van der Waals surface area contributed by atoms with Crippen LogP contribution in [0.2, 0.25) is 0 Å². The molecule has 0 spiro atoms. The van der Waals surface area contributed by atoms with Crippen molar-refractivity contribution in [2.45, 2.75) is 0 Å². The lowest BCUT2D eigenvalue weighted by Gasteiger charge is -2.07. The largest absolute Gasteiger partial charge is 0.436 e. The van der Waals surface area contributed by atoms with Gasteiger partial charge in [-0.3, -0.25) is 4.79 Å². The van der Waals surface area contributed by atoms with Crippen LogP contribution >= 0.6 is 15.9 Å². The van der Waals surface area contributed by atoms with Gasteiger partial charge in [0, 0.05) is 6.07 Å². The van der Waals surface area contributed by atoms with Crippen molar-refractivity contribution in [1.82, 2.24) is 9.97 Å². The van der Waals surface area contributed by atoms with Gasteiger partial charge < -0.3 is 15.5 Å². The van der Waals surface area contributed by atoms with Crippen LogP contribution in [0.5, 0.6) is 11.6 Å². The number of nitrogen functional groups attached to an aromatic ring is 1. The predicted molar refractivity (Wildman–Crippen MR) is 63.4 cm³/mol. The van der Waals surface area contributed by atoms with Crippen LogP contribution in [0.4, 0.5) is 10.1 Å². The molecule has 0 atom stereocenters. The third-order valence-corrected chi connectivity index (χ3v) is 2.61. The number of rotatable bonds is 2. The van der Waals surface area contributed by atoms with Crippen molar-refractivity contribution in [3.8, 4) is 11.6 Å². The molecule has 1 aromatic carbocycles. The molecule has 0 saturated heterocycles. The lowest BCUT2D eigenvalue weighted by atomic mass is 10.3. The molecule has 5 nitrogen and oxygen atoms in total. The van der Waals surface area contributed by atoms with E-state index in [1.807, 2.05) is 0 Å². The average molecular weight is 300 g/mol. The number of nitrogens with two attached hydrogens (primary N) is 1. The second-order valence-electron chi connectivity index (χ2n) is 3.13. The Labute approximate surface area is 104 Å². The van der Waals surface area contributed by atoms with Gasteiger partial charge in [0.25, 0.3) is 5.56 Å². The molecule has 17 heavy (non-hydrogen) atoms. The van der Waals surface area contributed by atoms with E-state index in [1.165, 1.54) is 12.1 Å². The Hall–Kier alpha value is -1.89. The molecule has 0 amide bonds. The predicted octanol–water partition coefficient (Wildman–Crippen LogP) is 2.05. The number of H-pyrrole nitrogens is 1. The monoisotopic (exact) mass is 299 g/mol. The molecule has 7 heteroatoms. The maximum absolute atomic E-state index is 13.0. The van der Waals surface area contributed by atoms with Crippen molar-refractivity contribution >= 4 is 21.6 Å². The summed E-state index contributed by atoms with van der Waals surface area (Å²) in [4.78, 5) is 17.2. The number of aromatic nitrogens is 2. The number of aromatic amines is 1. The number of hydrogen-bond acceptors (Lipinski definition) is 4. The van der Waals surface area contributed by atoms with Crippen molar-refractivity contribution in [1.29, 1.82) is 0 Å². The fourth-order valence-corrected chi connectivity index (χ4v) is 1.46. The molecule has 2 aromatic rings. The van der Waals surface area contributed by atoms with Gasteiger partial charge in [-0.1, -0.05) is 0 Å². The minimum absolute atomic E-state index is 0.0694. The van der Waals surface area contributed by atoms with Crippen LogP contribution < -0.4 is 16.0 Å². The Morgan fingerprint density at radius 1 is 1.47 bits per heavy atom. The molecule has 2 rings (SSSR count). The molecule has 0 bridgehead atoms. The van der Waals surface area contributed by atoms with Gasteiger partial charge in [-0.2, -0.15) is 0 Å². The molecule has 1 aromatic heterocycles. The summed E-state index contributed by atoms with van der Waals surface area (Å²) in [5.74, 6) is -0.346. The van der Waals surface area contributed by atoms with Crippen LogP contribution in [0.1, 0.15) is 0 Å².